The van der Waals surface area contributed by atoms with Crippen molar-refractivity contribution < 1.29 is 4.43 Å². The van der Waals surface area contributed by atoms with Crippen LogP contribution in [0.1, 0.15) is 31.2 Å². The Labute approximate surface area is 117 Å². The van der Waals surface area contributed by atoms with Crippen molar-refractivity contribution >= 4 is 19.9 Å². The van der Waals surface area contributed by atoms with Crippen LogP contribution in [0.2, 0.25) is 12.1 Å². The van der Waals surface area contributed by atoms with Crippen LogP contribution in [0.4, 0.5) is 0 Å². The van der Waals surface area contributed by atoms with E-state index in [9.17, 15) is 0 Å². The van der Waals surface area contributed by atoms with Crippen LogP contribution in [0.5, 0.6) is 0 Å². The molecule has 18 heavy (non-hydrogen) atoms. The Morgan fingerprint density at radius 3 is 2.44 bits per heavy atom. The zero-order valence-electron chi connectivity index (χ0n) is 11.0. The summed E-state index contributed by atoms with van der Waals surface area (Å²) in [5.74, 6) is 0. The Hall–Kier alpha value is -0.313. The molecule has 0 atom stereocenters. The van der Waals surface area contributed by atoms with Gasteiger partial charge in [0.05, 0.1) is 0 Å². The van der Waals surface area contributed by atoms with Crippen LogP contribution in [0.15, 0.2) is 30.3 Å². The highest BCUT2D eigenvalue weighted by atomic mass is 35.5. The van der Waals surface area contributed by atoms with Crippen molar-refractivity contribution in [3.8, 4) is 0 Å². The first-order chi connectivity index (χ1) is 8.85. The van der Waals surface area contributed by atoms with Gasteiger partial charge in [0.2, 0.25) is 8.32 Å². The van der Waals surface area contributed by atoms with Gasteiger partial charge < -0.3 is 4.43 Å². The largest absolute Gasteiger partial charge is 0.416 e. The molecule has 1 heterocycles. The molecule has 1 aliphatic rings. The number of alkyl halides is 1. The number of halogens is 1. The van der Waals surface area contributed by atoms with Gasteiger partial charge in [-0.3, -0.25) is 0 Å². The minimum absolute atomic E-state index is 0.790. The molecule has 0 radical (unpaired) electrons. The van der Waals surface area contributed by atoms with E-state index in [0.717, 1.165) is 25.0 Å². The number of hydrogen-bond acceptors (Lipinski definition) is 1. The second kappa shape index (κ2) is 7.32. The van der Waals surface area contributed by atoms with Gasteiger partial charge in [0.15, 0.2) is 0 Å². The first-order valence-electron chi connectivity index (χ1n) is 7.08. The van der Waals surface area contributed by atoms with Crippen LogP contribution in [0.25, 0.3) is 0 Å². The van der Waals surface area contributed by atoms with E-state index in [4.69, 9.17) is 16.0 Å². The Bertz CT molecular complexity index is 336. The Kier molecular flexibility index (Phi) is 5.73. The van der Waals surface area contributed by atoms with Crippen LogP contribution in [0, 0.1) is 0 Å². The predicted octanol–water partition coefficient (Wildman–Crippen LogP) is 4.54. The van der Waals surface area contributed by atoms with Crippen LogP contribution in [-0.2, 0) is 10.8 Å². The zero-order valence-corrected chi connectivity index (χ0v) is 12.8. The molecule has 0 aliphatic carbocycles. The Morgan fingerprint density at radius 2 is 1.78 bits per heavy atom. The van der Waals surface area contributed by atoms with E-state index < -0.39 is 8.32 Å². The molecule has 2 rings (SSSR count). The van der Waals surface area contributed by atoms with Gasteiger partial charge >= 0.3 is 0 Å². The highest BCUT2D eigenvalue weighted by Crippen LogP contribution is 2.30. The van der Waals surface area contributed by atoms with Gasteiger partial charge in [-0.2, -0.15) is 0 Å². The average molecular weight is 283 g/mol. The van der Waals surface area contributed by atoms with E-state index in [0.29, 0.717) is 0 Å². The molecule has 1 fully saturated rings. The molecule has 0 saturated carbocycles. The van der Waals surface area contributed by atoms with Crippen molar-refractivity contribution in [3.63, 3.8) is 0 Å². The fraction of sp³-hybridized carbons (Fsp3) is 0.600. The molecule has 1 saturated heterocycles. The van der Waals surface area contributed by atoms with Gasteiger partial charge in [0, 0.05) is 12.1 Å². The van der Waals surface area contributed by atoms with Crippen LogP contribution < -0.4 is 0 Å². The summed E-state index contributed by atoms with van der Waals surface area (Å²) >= 11 is 6.17. The molecule has 0 aromatic heterocycles. The summed E-state index contributed by atoms with van der Waals surface area (Å²) in [7, 11) is -1.53. The molecule has 0 unspecified atom stereocenters. The summed E-state index contributed by atoms with van der Waals surface area (Å²) in [6.07, 6.45) is 6.28. The van der Waals surface area contributed by atoms with Gasteiger partial charge in [-0.25, -0.2) is 0 Å². The van der Waals surface area contributed by atoms with Gasteiger partial charge in [-0.15, -0.1) is 11.6 Å². The highest BCUT2D eigenvalue weighted by molar-refractivity contribution is 6.80. The summed E-state index contributed by atoms with van der Waals surface area (Å²) in [6, 6.07) is 13.2. The van der Waals surface area contributed by atoms with Crippen LogP contribution >= 0.6 is 11.6 Å². The lowest BCUT2D eigenvalue weighted by Gasteiger charge is -2.33. The zero-order chi connectivity index (χ0) is 12.7. The minimum atomic E-state index is -1.53. The third kappa shape index (κ3) is 4.11. The molecule has 1 nitrogen and oxygen atoms in total. The maximum absolute atomic E-state index is 6.25. The van der Waals surface area contributed by atoms with Gasteiger partial charge in [-0.1, -0.05) is 49.6 Å². The van der Waals surface area contributed by atoms with Crippen molar-refractivity contribution in [2.24, 2.45) is 0 Å². The van der Waals surface area contributed by atoms with E-state index in [-0.39, 0.29) is 0 Å². The number of hydrogen-bond donors (Lipinski definition) is 0. The Morgan fingerprint density at radius 1 is 1.06 bits per heavy atom. The maximum Gasteiger partial charge on any atom is 0.207 e. The topological polar surface area (TPSA) is 9.23 Å². The molecule has 1 aromatic carbocycles. The quantitative estimate of drug-likeness (QED) is 0.423. The number of aryl methyl sites for hydroxylation is 1. The van der Waals surface area contributed by atoms with Gasteiger partial charge in [-0.05, 0) is 30.5 Å². The summed E-state index contributed by atoms with van der Waals surface area (Å²) < 4.78 is 6.25. The SMILES string of the molecule is ClC[Si]1(OCCCc2ccccc2)CCCCC1. The van der Waals surface area contributed by atoms with Crippen molar-refractivity contribution in [2.75, 3.05) is 12.1 Å². The van der Waals surface area contributed by atoms with Crippen LogP contribution in [-0.4, -0.2) is 20.4 Å². The second-order valence-corrected chi connectivity index (χ2v) is 10.0. The maximum atomic E-state index is 6.25. The fourth-order valence-corrected chi connectivity index (χ4v) is 7.00. The average Bonchev–Trinajstić information content (AvgIpc) is 2.46. The standard InChI is InChI=1S/C15H23ClOSi/c16-14-18(12-5-2-6-13-18)17-11-7-10-15-8-3-1-4-9-15/h1,3-4,8-9H,2,5-7,10-14H2. The van der Waals surface area contributed by atoms with Crippen molar-refractivity contribution in [2.45, 2.75) is 44.2 Å². The summed E-state index contributed by atoms with van der Waals surface area (Å²) in [6.45, 7) is 0.897. The molecular formula is C15H23ClOSi. The lowest BCUT2D eigenvalue weighted by atomic mass is 10.1. The minimum Gasteiger partial charge on any atom is -0.416 e. The van der Waals surface area contributed by atoms with E-state index in [1.165, 1.54) is 36.9 Å². The number of benzene rings is 1. The molecule has 3 heteroatoms. The third-order valence-electron chi connectivity index (χ3n) is 3.87. The van der Waals surface area contributed by atoms with E-state index in [1.807, 2.05) is 0 Å². The monoisotopic (exact) mass is 282 g/mol. The highest BCUT2D eigenvalue weighted by Gasteiger charge is 2.35. The molecule has 100 valence electrons. The first kappa shape index (κ1) is 14.1. The molecule has 1 aliphatic heterocycles. The summed E-state index contributed by atoms with van der Waals surface area (Å²) in [5, 5.41) is 0. The van der Waals surface area contributed by atoms with Crippen LogP contribution in [0.3, 0.4) is 0 Å². The summed E-state index contributed by atoms with van der Waals surface area (Å²) in [4.78, 5) is 0. The molecule has 0 amide bonds. The molecule has 0 spiro atoms. The van der Waals surface area contributed by atoms with E-state index in [1.54, 1.807) is 0 Å². The van der Waals surface area contributed by atoms with Crippen molar-refractivity contribution in [3.05, 3.63) is 35.9 Å². The molecule has 0 bridgehead atoms. The first-order valence-corrected chi connectivity index (χ1v) is 10.1. The molecule has 0 N–H and O–H groups in total. The molecular weight excluding hydrogens is 260 g/mol. The second-order valence-electron chi connectivity index (χ2n) is 5.31. The normalized spacial score (nSPS) is 18.7. The predicted molar refractivity (Wildman–Crippen MR) is 80.7 cm³/mol. The lowest BCUT2D eigenvalue weighted by Crippen LogP contribution is -2.43. The number of rotatable bonds is 6. The third-order valence-corrected chi connectivity index (χ3v) is 9.16. The lowest BCUT2D eigenvalue weighted by molar-refractivity contribution is 0.288. The van der Waals surface area contributed by atoms with E-state index in [2.05, 4.69) is 30.3 Å². The smallest absolute Gasteiger partial charge is 0.207 e. The van der Waals surface area contributed by atoms with Crippen molar-refractivity contribution in [1.29, 1.82) is 0 Å². The van der Waals surface area contributed by atoms with Crippen molar-refractivity contribution in [1.82, 2.24) is 0 Å². The fourth-order valence-electron chi connectivity index (χ4n) is 2.72. The van der Waals surface area contributed by atoms with Gasteiger partial charge in [0.25, 0.3) is 0 Å². The Balaban J connectivity index is 1.71. The van der Waals surface area contributed by atoms with E-state index >= 15 is 0 Å². The van der Waals surface area contributed by atoms with Gasteiger partial charge in [0.1, 0.15) is 0 Å². The molecule has 1 aromatic rings. The summed E-state index contributed by atoms with van der Waals surface area (Å²) in [5.41, 5.74) is 2.20.